The number of carbonyl (C=O) groups excluding carboxylic acids is 1. The number of halogens is 1. The van der Waals surface area contributed by atoms with Crippen molar-refractivity contribution in [1.29, 1.82) is 0 Å². The van der Waals surface area contributed by atoms with E-state index >= 15 is 0 Å². The fourth-order valence-corrected chi connectivity index (χ4v) is 3.95. The van der Waals surface area contributed by atoms with Gasteiger partial charge >= 0.3 is 0 Å². The van der Waals surface area contributed by atoms with E-state index in [1.54, 1.807) is 18.2 Å². The van der Waals surface area contributed by atoms with Crippen LogP contribution < -0.4 is 5.32 Å². The number of nitrogens with zero attached hydrogens (tertiary/aromatic N) is 2. The Balaban J connectivity index is 1.79. The van der Waals surface area contributed by atoms with E-state index in [9.17, 15) is 9.18 Å². The average Bonchev–Trinajstić information content (AvgIpc) is 3.11. The highest BCUT2D eigenvalue weighted by Crippen LogP contribution is 2.32. The van der Waals surface area contributed by atoms with Gasteiger partial charge in [-0.1, -0.05) is 13.8 Å². The molecule has 1 aromatic carbocycles. The SMILES string of the molecule is CC(C)c1cc(-c2ccc(F)cc2)nc2cc(C(=O)N3CC[NH2+]CC3(C)C)oc12. The van der Waals surface area contributed by atoms with Gasteiger partial charge in [0.1, 0.15) is 11.3 Å². The summed E-state index contributed by atoms with van der Waals surface area (Å²) >= 11 is 0. The number of piperazine rings is 1. The molecule has 0 radical (unpaired) electrons. The molecule has 0 aliphatic carbocycles. The largest absolute Gasteiger partial charge is 0.449 e. The van der Waals surface area contributed by atoms with E-state index in [4.69, 9.17) is 9.40 Å². The van der Waals surface area contributed by atoms with Gasteiger partial charge in [-0.2, -0.15) is 0 Å². The smallest absolute Gasteiger partial charge is 0.290 e. The molecule has 1 fully saturated rings. The van der Waals surface area contributed by atoms with E-state index in [1.165, 1.54) is 12.1 Å². The van der Waals surface area contributed by atoms with Gasteiger partial charge in [-0.05, 0) is 50.1 Å². The van der Waals surface area contributed by atoms with E-state index in [0.717, 1.165) is 29.9 Å². The van der Waals surface area contributed by atoms with Crippen molar-refractivity contribution in [2.24, 2.45) is 0 Å². The van der Waals surface area contributed by atoms with Crippen LogP contribution in [0.4, 0.5) is 4.39 Å². The molecule has 0 unspecified atom stereocenters. The second-order valence-electron chi connectivity index (χ2n) is 8.63. The summed E-state index contributed by atoms with van der Waals surface area (Å²) in [7, 11) is 0. The number of aromatic nitrogens is 1. The molecule has 1 saturated heterocycles. The normalized spacial score (nSPS) is 16.6. The van der Waals surface area contributed by atoms with Crippen LogP contribution in [-0.4, -0.2) is 41.0 Å². The molecule has 3 heterocycles. The van der Waals surface area contributed by atoms with Gasteiger partial charge in [-0.3, -0.25) is 4.79 Å². The first kappa shape index (κ1) is 19.6. The van der Waals surface area contributed by atoms with E-state index < -0.39 is 0 Å². The van der Waals surface area contributed by atoms with Gasteiger partial charge < -0.3 is 14.6 Å². The van der Waals surface area contributed by atoms with Gasteiger partial charge in [0.25, 0.3) is 5.91 Å². The summed E-state index contributed by atoms with van der Waals surface area (Å²) in [6.45, 7) is 10.8. The number of fused-ring (bicyclic) bond motifs is 1. The van der Waals surface area contributed by atoms with E-state index in [1.807, 2.05) is 11.0 Å². The van der Waals surface area contributed by atoms with Crippen LogP contribution in [0.2, 0.25) is 0 Å². The zero-order chi connectivity index (χ0) is 20.8. The van der Waals surface area contributed by atoms with Crippen LogP contribution in [0.25, 0.3) is 22.4 Å². The molecule has 0 saturated carbocycles. The minimum Gasteiger partial charge on any atom is -0.449 e. The summed E-state index contributed by atoms with van der Waals surface area (Å²) in [5, 5.41) is 2.23. The van der Waals surface area contributed by atoms with Crippen molar-refractivity contribution in [1.82, 2.24) is 9.88 Å². The predicted molar refractivity (Wildman–Crippen MR) is 110 cm³/mol. The monoisotopic (exact) mass is 396 g/mol. The topological polar surface area (TPSA) is 63.0 Å². The number of benzene rings is 1. The molecule has 5 nitrogen and oxygen atoms in total. The Hall–Kier alpha value is -2.73. The van der Waals surface area contributed by atoms with Gasteiger partial charge in [0.2, 0.25) is 0 Å². The number of hydrogen-bond acceptors (Lipinski definition) is 3. The second kappa shape index (κ2) is 7.26. The molecular weight excluding hydrogens is 369 g/mol. The maximum absolute atomic E-state index is 13.3. The molecule has 2 N–H and O–H groups in total. The van der Waals surface area contributed by atoms with Crippen molar-refractivity contribution in [2.75, 3.05) is 19.6 Å². The maximum Gasteiger partial charge on any atom is 0.290 e. The zero-order valence-electron chi connectivity index (χ0n) is 17.3. The lowest BCUT2D eigenvalue weighted by Crippen LogP contribution is -2.93. The first-order chi connectivity index (χ1) is 13.8. The summed E-state index contributed by atoms with van der Waals surface area (Å²) < 4.78 is 19.4. The fourth-order valence-electron chi connectivity index (χ4n) is 3.95. The van der Waals surface area contributed by atoms with Gasteiger partial charge in [0.05, 0.1) is 30.9 Å². The molecule has 152 valence electrons. The Morgan fingerprint density at radius 1 is 1.24 bits per heavy atom. The van der Waals surface area contributed by atoms with Gasteiger partial charge in [0.15, 0.2) is 11.3 Å². The highest BCUT2D eigenvalue weighted by Gasteiger charge is 2.37. The lowest BCUT2D eigenvalue weighted by atomic mass is 9.99. The first-order valence-corrected chi connectivity index (χ1v) is 10.1. The Labute approximate surface area is 169 Å². The Morgan fingerprint density at radius 2 is 1.97 bits per heavy atom. The molecule has 1 aliphatic heterocycles. The molecule has 4 rings (SSSR count). The van der Waals surface area contributed by atoms with Crippen LogP contribution in [-0.2, 0) is 0 Å². The van der Waals surface area contributed by atoms with Crippen LogP contribution in [0.5, 0.6) is 0 Å². The molecule has 6 heteroatoms. The third-order valence-electron chi connectivity index (χ3n) is 5.66. The first-order valence-electron chi connectivity index (χ1n) is 10.1. The maximum atomic E-state index is 13.3. The molecule has 29 heavy (non-hydrogen) atoms. The number of pyridine rings is 1. The minimum absolute atomic E-state index is 0.0980. The Morgan fingerprint density at radius 3 is 2.62 bits per heavy atom. The van der Waals surface area contributed by atoms with Gasteiger partial charge in [0, 0.05) is 17.2 Å². The number of carbonyl (C=O) groups is 1. The van der Waals surface area contributed by atoms with Crippen molar-refractivity contribution in [3.05, 3.63) is 53.5 Å². The molecule has 2 aromatic heterocycles. The Kier molecular flexibility index (Phi) is 4.90. The fraction of sp³-hybridized carbons (Fsp3) is 0.391. The Bertz CT molecular complexity index is 1050. The lowest BCUT2D eigenvalue weighted by Gasteiger charge is -2.39. The summed E-state index contributed by atoms with van der Waals surface area (Å²) in [6, 6.07) is 9.99. The van der Waals surface area contributed by atoms with E-state index in [0.29, 0.717) is 23.4 Å². The molecule has 0 spiro atoms. The van der Waals surface area contributed by atoms with Crippen LogP contribution in [0.3, 0.4) is 0 Å². The molecule has 1 aliphatic rings. The van der Waals surface area contributed by atoms with Crippen LogP contribution in [0.15, 0.2) is 40.8 Å². The van der Waals surface area contributed by atoms with Crippen molar-refractivity contribution >= 4 is 17.0 Å². The van der Waals surface area contributed by atoms with Crippen LogP contribution >= 0.6 is 0 Å². The summed E-state index contributed by atoms with van der Waals surface area (Å²) in [5.41, 5.74) is 3.63. The quantitative estimate of drug-likeness (QED) is 0.736. The third kappa shape index (κ3) is 3.65. The second-order valence-corrected chi connectivity index (χ2v) is 8.63. The number of hydrogen-bond donors (Lipinski definition) is 1. The van der Waals surface area contributed by atoms with Crippen LogP contribution in [0.1, 0.15) is 49.7 Å². The summed E-state index contributed by atoms with van der Waals surface area (Å²) in [4.78, 5) is 19.8. The number of furan rings is 1. The summed E-state index contributed by atoms with van der Waals surface area (Å²) in [6.07, 6.45) is 0. The zero-order valence-corrected chi connectivity index (χ0v) is 17.3. The minimum atomic E-state index is -0.281. The van der Waals surface area contributed by atoms with Crippen LogP contribution in [0, 0.1) is 5.82 Å². The average molecular weight is 396 g/mol. The molecule has 1 amide bonds. The molecule has 0 bridgehead atoms. The highest BCUT2D eigenvalue weighted by atomic mass is 19.1. The van der Waals surface area contributed by atoms with E-state index in [2.05, 4.69) is 33.0 Å². The van der Waals surface area contributed by atoms with Gasteiger partial charge in [-0.15, -0.1) is 0 Å². The molecule has 3 aromatic rings. The van der Waals surface area contributed by atoms with E-state index in [-0.39, 0.29) is 23.2 Å². The van der Waals surface area contributed by atoms with Crippen molar-refractivity contribution < 1.29 is 18.9 Å². The number of rotatable bonds is 3. The number of nitrogens with two attached hydrogens (primary N) is 1. The van der Waals surface area contributed by atoms with Crippen molar-refractivity contribution in [3.8, 4) is 11.3 Å². The van der Waals surface area contributed by atoms with Gasteiger partial charge in [-0.25, -0.2) is 9.37 Å². The van der Waals surface area contributed by atoms with Crippen molar-refractivity contribution in [3.63, 3.8) is 0 Å². The molecule has 0 atom stereocenters. The highest BCUT2D eigenvalue weighted by molar-refractivity contribution is 5.96. The lowest BCUT2D eigenvalue weighted by molar-refractivity contribution is -0.673. The van der Waals surface area contributed by atoms with Crippen molar-refractivity contribution in [2.45, 2.75) is 39.2 Å². The standard InChI is InChI=1S/C23H26FN3O2/c1-14(2)17-11-18(15-5-7-16(24)8-6-15)26-19-12-20(29-21(17)19)22(28)27-10-9-25-13-23(27,3)4/h5-8,11-12,14,25H,9-10,13H2,1-4H3/p+1. The number of amides is 1. The summed E-state index contributed by atoms with van der Waals surface area (Å²) in [5.74, 6) is 0.131. The third-order valence-corrected chi connectivity index (χ3v) is 5.66. The predicted octanol–water partition coefficient (Wildman–Crippen LogP) is 3.56. The number of quaternary nitrogens is 1. The molecular formula is C23H27FN3O2+.